The van der Waals surface area contributed by atoms with E-state index in [9.17, 15) is 0 Å². The van der Waals surface area contributed by atoms with E-state index >= 15 is 0 Å². The van der Waals surface area contributed by atoms with Gasteiger partial charge in [-0.15, -0.1) is 0 Å². The van der Waals surface area contributed by atoms with Gasteiger partial charge in [0.1, 0.15) is 0 Å². The van der Waals surface area contributed by atoms with Gasteiger partial charge in [-0.1, -0.05) is 43.7 Å². The van der Waals surface area contributed by atoms with Crippen LogP contribution in [-0.2, 0) is 5.54 Å². The molecule has 0 aliphatic heterocycles. The normalized spacial score (nSPS) is 15.3. The Kier molecular flexibility index (Phi) is 3.92. The second-order valence-electron chi connectivity index (χ2n) is 5.22. The number of benzene rings is 1. The second-order valence-corrected chi connectivity index (χ2v) is 5.22. The van der Waals surface area contributed by atoms with E-state index in [1.165, 1.54) is 17.5 Å². The highest BCUT2D eigenvalue weighted by Gasteiger charge is 2.20. The summed E-state index contributed by atoms with van der Waals surface area (Å²) in [6.45, 7) is 8.73. The Labute approximate surface area is 93.7 Å². The van der Waals surface area contributed by atoms with Gasteiger partial charge < -0.3 is 5.73 Å². The molecule has 0 saturated heterocycles. The minimum Gasteiger partial charge on any atom is -0.322 e. The molecular weight excluding hydrogens is 182 g/mol. The Balaban J connectivity index is 2.76. The lowest BCUT2D eigenvalue weighted by molar-refractivity contribution is 0.396. The molecule has 1 nitrogen and oxygen atoms in total. The maximum absolute atomic E-state index is 6.36. The average Bonchev–Trinajstić information content (AvgIpc) is 2.15. The topological polar surface area (TPSA) is 26.0 Å². The van der Waals surface area contributed by atoms with Crippen LogP contribution in [0.3, 0.4) is 0 Å². The number of aryl methyl sites for hydroxylation is 1. The van der Waals surface area contributed by atoms with Crippen molar-refractivity contribution in [3.63, 3.8) is 0 Å². The maximum atomic E-state index is 6.36. The molecule has 0 fully saturated rings. The van der Waals surface area contributed by atoms with E-state index in [0.717, 1.165) is 12.3 Å². The van der Waals surface area contributed by atoms with Gasteiger partial charge in [0, 0.05) is 5.54 Å². The molecule has 84 valence electrons. The van der Waals surface area contributed by atoms with E-state index in [1.807, 2.05) is 0 Å². The zero-order valence-electron chi connectivity index (χ0n) is 10.4. The molecule has 0 aliphatic rings. The average molecular weight is 205 g/mol. The van der Waals surface area contributed by atoms with Crippen molar-refractivity contribution in [2.45, 2.75) is 46.1 Å². The smallest absolute Gasteiger partial charge is 0.0381 e. The van der Waals surface area contributed by atoms with Gasteiger partial charge in [-0.25, -0.2) is 0 Å². The lowest BCUT2D eigenvalue weighted by Crippen LogP contribution is -2.33. The first kappa shape index (κ1) is 12.3. The maximum Gasteiger partial charge on any atom is 0.0381 e. The van der Waals surface area contributed by atoms with E-state index in [0.29, 0.717) is 0 Å². The van der Waals surface area contributed by atoms with Crippen molar-refractivity contribution in [2.24, 2.45) is 11.7 Å². The molecule has 1 heteroatoms. The third-order valence-electron chi connectivity index (χ3n) is 2.92. The van der Waals surface area contributed by atoms with Gasteiger partial charge >= 0.3 is 0 Å². The van der Waals surface area contributed by atoms with Crippen LogP contribution in [0.2, 0.25) is 0 Å². The Bertz CT molecular complexity index is 313. The molecule has 0 saturated carbocycles. The van der Waals surface area contributed by atoms with Crippen LogP contribution < -0.4 is 5.73 Å². The van der Waals surface area contributed by atoms with Crippen LogP contribution in [0.1, 0.15) is 44.7 Å². The summed E-state index contributed by atoms with van der Waals surface area (Å²) in [6, 6.07) is 8.53. The molecule has 0 bridgehead atoms. The zero-order valence-corrected chi connectivity index (χ0v) is 10.4. The van der Waals surface area contributed by atoms with E-state index in [2.05, 4.69) is 52.0 Å². The standard InChI is InChI=1S/C14H23N/c1-11(2)8-9-14(4,15)13-7-5-6-12(3)10-13/h5-7,10-11H,8-9,15H2,1-4H3. The lowest BCUT2D eigenvalue weighted by Gasteiger charge is -2.26. The molecule has 0 spiro atoms. The molecule has 0 aromatic heterocycles. The minimum atomic E-state index is -0.184. The summed E-state index contributed by atoms with van der Waals surface area (Å²) in [5.41, 5.74) is 8.71. The predicted octanol–water partition coefficient (Wildman–Crippen LogP) is 3.61. The quantitative estimate of drug-likeness (QED) is 0.798. The van der Waals surface area contributed by atoms with E-state index < -0.39 is 0 Å². The highest BCUT2D eigenvalue weighted by atomic mass is 14.7. The molecular formula is C14H23N. The monoisotopic (exact) mass is 205 g/mol. The molecule has 1 aromatic carbocycles. The highest BCUT2D eigenvalue weighted by Crippen LogP contribution is 2.25. The molecule has 0 aliphatic carbocycles. The van der Waals surface area contributed by atoms with E-state index in [4.69, 9.17) is 5.73 Å². The summed E-state index contributed by atoms with van der Waals surface area (Å²) in [5.74, 6) is 0.720. The van der Waals surface area contributed by atoms with Crippen molar-refractivity contribution in [1.82, 2.24) is 0 Å². The SMILES string of the molecule is Cc1cccc(C(C)(N)CCC(C)C)c1. The molecule has 0 radical (unpaired) electrons. The van der Waals surface area contributed by atoms with Crippen molar-refractivity contribution in [3.05, 3.63) is 35.4 Å². The first-order valence-electron chi connectivity index (χ1n) is 5.78. The third kappa shape index (κ3) is 3.67. The van der Waals surface area contributed by atoms with Crippen LogP contribution in [0, 0.1) is 12.8 Å². The van der Waals surface area contributed by atoms with Gasteiger partial charge in [-0.3, -0.25) is 0 Å². The highest BCUT2D eigenvalue weighted by molar-refractivity contribution is 5.27. The van der Waals surface area contributed by atoms with Gasteiger partial charge in [0.05, 0.1) is 0 Å². The first-order chi connectivity index (χ1) is 6.92. The molecule has 15 heavy (non-hydrogen) atoms. The molecule has 1 atom stereocenters. The molecule has 1 aromatic rings. The summed E-state index contributed by atoms with van der Waals surface area (Å²) in [7, 11) is 0. The van der Waals surface area contributed by atoms with Crippen molar-refractivity contribution >= 4 is 0 Å². The minimum absolute atomic E-state index is 0.184. The van der Waals surface area contributed by atoms with Gasteiger partial charge in [0.25, 0.3) is 0 Å². The van der Waals surface area contributed by atoms with Gasteiger partial charge in [0.2, 0.25) is 0 Å². The van der Waals surface area contributed by atoms with E-state index in [-0.39, 0.29) is 5.54 Å². The van der Waals surface area contributed by atoms with Crippen LogP contribution in [-0.4, -0.2) is 0 Å². The van der Waals surface area contributed by atoms with Crippen LogP contribution in [0.25, 0.3) is 0 Å². The fourth-order valence-electron chi connectivity index (χ4n) is 1.73. The summed E-state index contributed by atoms with van der Waals surface area (Å²) >= 11 is 0. The Morgan fingerprint density at radius 2 is 2.00 bits per heavy atom. The molecule has 0 heterocycles. The Morgan fingerprint density at radius 1 is 1.33 bits per heavy atom. The number of hydrogen-bond acceptors (Lipinski definition) is 1. The molecule has 2 N–H and O–H groups in total. The zero-order chi connectivity index (χ0) is 11.5. The summed E-state index contributed by atoms with van der Waals surface area (Å²) in [6.07, 6.45) is 2.23. The number of hydrogen-bond donors (Lipinski definition) is 1. The van der Waals surface area contributed by atoms with E-state index in [1.54, 1.807) is 0 Å². The summed E-state index contributed by atoms with van der Waals surface area (Å²) in [4.78, 5) is 0. The fraction of sp³-hybridized carbons (Fsp3) is 0.571. The molecule has 1 rings (SSSR count). The second kappa shape index (κ2) is 4.80. The van der Waals surface area contributed by atoms with Gasteiger partial charge in [-0.2, -0.15) is 0 Å². The third-order valence-corrected chi connectivity index (χ3v) is 2.92. The largest absolute Gasteiger partial charge is 0.322 e. The van der Waals surface area contributed by atoms with Crippen molar-refractivity contribution in [2.75, 3.05) is 0 Å². The number of rotatable bonds is 4. The van der Waals surface area contributed by atoms with Crippen LogP contribution in [0.5, 0.6) is 0 Å². The lowest BCUT2D eigenvalue weighted by atomic mass is 9.85. The van der Waals surface area contributed by atoms with Crippen LogP contribution >= 0.6 is 0 Å². The number of nitrogens with two attached hydrogens (primary N) is 1. The van der Waals surface area contributed by atoms with Crippen molar-refractivity contribution < 1.29 is 0 Å². The predicted molar refractivity (Wildman–Crippen MR) is 66.8 cm³/mol. The fourth-order valence-corrected chi connectivity index (χ4v) is 1.73. The molecule has 0 amide bonds. The van der Waals surface area contributed by atoms with Crippen LogP contribution in [0.15, 0.2) is 24.3 Å². The van der Waals surface area contributed by atoms with Crippen LogP contribution in [0.4, 0.5) is 0 Å². The Hall–Kier alpha value is -0.820. The summed E-state index contributed by atoms with van der Waals surface area (Å²) in [5, 5.41) is 0. The van der Waals surface area contributed by atoms with Gasteiger partial charge in [-0.05, 0) is 38.2 Å². The van der Waals surface area contributed by atoms with Crippen molar-refractivity contribution in [1.29, 1.82) is 0 Å². The van der Waals surface area contributed by atoms with Crippen molar-refractivity contribution in [3.8, 4) is 0 Å². The molecule has 1 unspecified atom stereocenters. The summed E-state index contributed by atoms with van der Waals surface area (Å²) < 4.78 is 0. The van der Waals surface area contributed by atoms with Gasteiger partial charge in [0.15, 0.2) is 0 Å². The first-order valence-corrected chi connectivity index (χ1v) is 5.78. The Morgan fingerprint density at radius 3 is 2.53 bits per heavy atom.